The summed E-state index contributed by atoms with van der Waals surface area (Å²) in [4.78, 5) is 24.8. The van der Waals surface area contributed by atoms with E-state index in [0.717, 1.165) is 16.8 Å². The van der Waals surface area contributed by atoms with Gasteiger partial charge in [0.1, 0.15) is 0 Å². The number of benzene rings is 2. The Kier molecular flexibility index (Phi) is 6.69. The van der Waals surface area contributed by atoms with Gasteiger partial charge in [-0.05, 0) is 81.8 Å². The first-order valence-electron chi connectivity index (χ1n) is 11.6. The summed E-state index contributed by atoms with van der Waals surface area (Å²) in [5.41, 5.74) is 3.81. The normalized spacial score (nSPS) is 15.8. The molecule has 1 amide bonds. The number of piperidine rings is 1. The van der Waals surface area contributed by atoms with Gasteiger partial charge in [0, 0.05) is 37.3 Å². The van der Waals surface area contributed by atoms with E-state index in [1.54, 1.807) is 6.07 Å². The van der Waals surface area contributed by atoms with E-state index in [-0.39, 0.29) is 28.3 Å². The second kappa shape index (κ2) is 9.38. The molecule has 1 saturated heterocycles. The van der Waals surface area contributed by atoms with E-state index in [0.29, 0.717) is 37.9 Å². The minimum atomic E-state index is -3.73. The van der Waals surface area contributed by atoms with E-state index in [2.05, 4.69) is 11.4 Å². The molecule has 0 saturated carbocycles. The maximum atomic E-state index is 13.2. The van der Waals surface area contributed by atoms with Crippen LogP contribution in [0.25, 0.3) is 11.1 Å². The van der Waals surface area contributed by atoms with E-state index < -0.39 is 15.8 Å². The lowest BCUT2D eigenvalue weighted by molar-refractivity contribution is -0.117. The fourth-order valence-electron chi connectivity index (χ4n) is 4.69. The molecule has 0 bridgehead atoms. The molecule has 1 fully saturated rings. The number of carbonyl (C=O) groups is 1. The molecule has 1 aliphatic rings. The summed E-state index contributed by atoms with van der Waals surface area (Å²) >= 11 is 0. The molecule has 2 aromatic carbocycles. The predicted octanol–water partition coefficient (Wildman–Crippen LogP) is 4.22. The van der Waals surface area contributed by atoms with Crippen molar-refractivity contribution in [3.63, 3.8) is 0 Å². The minimum absolute atomic E-state index is 0.0542. The first-order valence-corrected chi connectivity index (χ1v) is 13.0. The van der Waals surface area contributed by atoms with Crippen molar-refractivity contribution in [2.75, 3.05) is 18.4 Å². The largest absolute Gasteiger partial charge is 0.420 e. The molecule has 2 heterocycles. The maximum Gasteiger partial charge on any atom is 0.420 e. The van der Waals surface area contributed by atoms with Crippen molar-refractivity contribution in [1.82, 2.24) is 8.87 Å². The van der Waals surface area contributed by atoms with Crippen LogP contribution in [0.3, 0.4) is 0 Å². The highest BCUT2D eigenvalue weighted by molar-refractivity contribution is 7.89. The third-order valence-electron chi connectivity index (χ3n) is 6.29. The van der Waals surface area contributed by atoms with Gasteiger partial charge in [-0.2, -0.15) is 4.31 Å². The van der Waals surface area contributed by atoms with Gasteiger partial charge < -0.3 is 9.73 Å². The number of amides is 1. The number of anilines is 1. The van der Waals surface area contributed by atoms with Crippen LogP contribution in [0.15, 0.2) is 50.5 Å². The zero-order chi connectivity index (χ0) is 24.6. The topological polar surface area (TPSA) is 102 Å². The standard InChI is InChI=1S/C25H31N3O5S/c1-16(2)28-22-6-5-21(15-23(22)33-25(28)30)34(31,32)27-9-7-19(8-10-27)14-24(29)26-20-12-17(3)11-18(4)13-20/h5-6,11-13,15-16,19H,7-10,14H2,1-4H3,(H,26,29). The van der Waals surface area contributed by atoms with E-state index in [1.165, 1.54) is 21.0 Å². The van der Waals surface area contributed by atoms with Crippen molar-refractivity contribution >= 4 is 32.7 Å². The average Bonchev–Trinajstić information content (AvgIpc) is 3.08. The number of aryl methyl sites for hydroxylation is 2. The molecular weight excluding hydrogens is 454 g/mol. The lowest BCUT2D eigenvalue weighted by atomic mass is 9.94. The Bertz CT molecular complexity index is 1360. The van der Waals surface area contributed by atoms with Crippen LogP contribution in [0.1, 0.15) is 50.3 Å². The summed E-state index contributed by atoms with van der Waals surface area (Å²) in [6, 6.07) is 10.4. The molecule has 34 heavy (non-hydrogen) atoms. The average molecular weight is 486 g/mol. The second-order valence-electron chi connectivity index (χ2n) is 9.44. The smallest absolute Gasteiger partial charge is 0.408 e. The molecule has 4 rings (SSSR count). The number of rotatable bonds is 6. The van der Waals surface area contributed by atoms with E-state index >= 15 is 0 Å². The molecule has 0 spiro atoms. The SMILES string of the molecule is Cc1cc(C)cc(NC(=O)CC2CCN(S(=O)(=O)c3ccc4c(c3)oc(=O)n4C(C)C)CC2)c1. The number of oxazole rings is 1. The number of carbonyl (C=O) groups excluding carboxylic acids is 1. The number of hydrogen-bond acceptors (Lipinski definition) is 5. The molecule has 1 N–H and O–H groups in total. The number of sulfonamides is 1. The third kappa shape index (κ3) is 4.95. The van der Waals surface area contributed by atoms with Crippen LogP contribution in [-0.2, 0) is 14.8 Å². The lowest BCUT2D eigenvalue weighted by Gasteiger charge is -2.31. The first-order chi connectivity index (χ1) is 16.0. The molecule has 1 aliphatic heterocycles. The Morgan fingerprint density at radius 2 is 1.74 bits per heavy atom. The van der Waals surface area contributed by atoms with Crippen LogP contribution in [0, 0.1) is 19.8 Å². The van der Waals surface area contributed by atoms with Gasteiger partial charge in [-0.1, -0.05) is 6.07 Å². The lowest BCUT2D eigenvalue weighted by Crippen LogP contribution is -2.39. The fourth-order valence-corrected chi connectivity index (χ4v) is 6.18. The number of aromatic nitrogens is 1. The van der Waals surface area contributed by atoms with Crippen LogP contribution in [0.4, 0.5) is 5.69 Å². The molecule has 9 heteroatoms. The highest BCUT2D eigenvalue weighted by Crippen LogP contribution is 2.28. The van der Waals surface area contributed by atoms with Gasteiger partial charge in [0.05, 0.1) is 10.4 Å². The zero-order valence-corrected chi connectivity index (χ0v) is 20.8. The highest BCUT2D eigenvalue weighted by Gasteiger charge is 2.31. The molecule has 182 valence electrons. The molecule has 0 unspecified atom stereocenters. The number of nitrogens with zero attached hydrogens (tertiary/aromatic N) is 2. The summed E-state index contributed by atoms with van der Waals surface area (Å²) in [5.74, 6) is -0.432. The Morgan fingerprint density at radius 1 is 1.09 bits per heavy atom. The quantitative estimate of drug-likeness (QED) is 0.563. The maximum absolute atomic E-state index is 13.2. The number of fused-ring (bicyclic) bond motifs is 1. The minimum Gasteiger partial charge on any atom is -0.408 e. The Hall–Kier alpha value is -2.91. The van der Waals surface area contributed by atoms with Crippen molar-refractivity contribution < 1.29 is 17.6 Å². The third-order valence-corrected chi connectivity index (χ3v) is 8.19. The van der Waals surface area contributed by atoms with E-state index in [4.69, 9.17) is 4.42 Å². The van der Waals surface area contributed by atoms with Gasteiger partial charge in [0.25, 0.3) is 0 Å². The molecule has 1 aromatic heterocycles. The molecule has 0 aliphatic carbocycles. The molecule has 0 radical (unpaired) electrons. The van der Waals surface area contributed by atoms with Crippen molar-refractivity contribution in [2.24, 2.45) is 5.92 Å². The van der Waals surface area contributed by atoms with Crippen LogP contribution in [0.2, 0.25) is 0 Å². The second-order valence-corrected chi connectivity index (χ2v) is 11.4. The monoisotopic (exact) mass is 485 g/mol. The van der Waals surface area contributed by atoms with Crippen LogP contribution in [0.5, 0.6) is 0 Å². The number of nitrogens with one attached hydrogen (secondary N) is 1. The summed E-state index contributed by atoms with van der Waals surface area (Å²) in [5, 5.41) is 2.96. The van der Waals surface area contributed by atoms with Gasteiger partial charge >= 0.3 is 5.76 Å². The Morgan fingerprint density at radius 3 is 2.35 bits per heavy atom. The van der Waals surface area contributed by atoms with Gasteiger partial charge in [-0.15, -0.1) is 0 Å². The van der Waals surface area contributed by atoms with Crippen LogP contribution < -0.4 is 11.1 Å². The molecule has 8 nitrogen and oxygen atoms in total. The predicted molar refractivity (Wildman–Crippen MR) is 132 cm³/mol. The highest BCUT2D eigenvalue weighted by atomic mass is 32.2. The first kappa shape index (κ1) is 24.2. The number of hydrogen-bond donors (Lipinski definition) is 1. The molecule has 3 aromatic rings. The molecule has 0 atom stereocenters. The van der Waals surface area contributed by atoms with E-state index in [1.807, 2.05) is 39.8 Å². The van der Waals surface area contributed by atoms with Crippen LogP contribution in [-0.4, -0.2) is 36.3 Å². The zero-order valence-electron chi connectivity index (χ0n) is 20.0. The fraction of sp³-hybridized carbons (Fsp3) is 0.440. The molecular formula is C25H31N3O5S. The summed E-state index contributed by atoms with van der Waals surface area (Å²) in [7, 11) is -3.73. The van der Waals surface area contributed by atoms with Gasteiger partial charge in [0.15, 0.2) is 5.58 Å². The summed E-state index contributed by atoms with van der Waals surface area (Å²) in [6.07, 6.45) is 1.59. The van der Waals surface area contributed by atoms with Crippen molar-refractivity contribution in [3.05, 3.63) is 58.1 Å². The van der Waals surface area contributed by atoms with Crippen molar-refractivity contribution in [2.45, 2.75) is 57.9 Å². The van der Waals surface area contributed by atoms with Crippen LogP contribution >= 0.6 is 0 Å². The van der Waals surface area contributed by atoms with Gasteiger partial charge in [0.2, 0.25) is 15.9 Å². The van der Waals surface area contributed by atoms with E-state index in [9.17, 15) is 18.0 Å². The Balaban J connectivity index is 1.40. The van der Waals surface area contributed by atoms with Gasteiger partial charge in [-0.3, -0.25) is 9.36 Å². The van der Waals surface area contributed by atoms with Crippen molar-refractivity contribution in [1.29, 1.82) is 0 Å². The van der Waals surface area contributed by atoms with Gasteiger partial charge in [-0.25, -0.2) is 13.2 Å². The van der Waals surface area contributed by atoms with Crippen molar-refractivity contribution in [3.8, 4) is 0 Å². The summed E-state index contributed by atoms with van der Waals surface area (Å²) < 4.78 is 34.7. The Labute approximate surface area is 199 Å². The summed E-state index contributed by atoms with van der Waals surface area (Å²) in [6.45, 7) is 8.41.